The molecule has 1 unspecified atom stereocenters. The van der Waals surface area contributed by atoms with Gasteiger partial charge in [-0.05, 0) is 49.5 Å². The molecule has 5 nitrogen and oxygen atoms in total. The highest BCUT2D eigenvalue weighted by molar-refractivity contribution is 6.32. The first-order valence-corrected chi connectivity index (χ1v) is 8.15. The summed E-state index contributed by atoms with van der Waals surface area (Å²) in [5.74, 6) is 1.74. The summed E-state index contributed by atoms with van der Waals surface area (Å²) in [7, 11) is 0. The van der Waals surface area contributed by atoms with Crippen LogP contribution in [0.4, 0.5) is 0 Å². The maximum atomic E-state index is 12.1. The maximum Gasteiger partial charge on any atom is 0.224 e. The molecule has 6 heteroatoms. The molecule has 22 heavy (non-hydrogen) atoms. The third-order valence-electron chi connectivity index (χ3n) is 4.01. The molecule has 1 aromatic carbocycles. The number of carbonyl (C=O) groups is 1. The number of benzene rings is 1. The van der Waals surface area contributed by atoms with Crippen LogP contribution in [-0.2, 0) is 11.2 Å². The van der Waals surface area contributed by atoms with Crippen molar-refractivity contribution in [1.82, 2.24) is 10.6 Å². The van der Waals surface area contributed by atoms with Gasteiger partial charge in [-0.15, -0.1) is 0 Å². The van der Waals surface area contributed by atoms with Crippen LogP contribution in [0.3, 0.4) is 0 Å². The third kappa shape index (κ3) is 3.84. The summed E-state index contributed by atoms with van der Waals surface area (Å²) in [5, 5.41) is 6.85. The van der Waals surface area contributed by atoms with Crippen LogP contribution in [0.2, 0.25) is 5.02 Å². The average Bonchev–Trinajstić information content (AvgIpc) is 2.54. The van der Waals surface area contributed by atoms with Crippen molar-refractivity contribution in [2.24, 2.45) is 5.92 Å². The second-order valence-corrected chi connectivity index (χ2v) is 6.20. The van der Waals surface area contributed by atoms with Crippen molar-refractivity contribution in [2.75, 3.05) is 32.8 Å². The fourth-order valence-corrected chi connectivity index (χ4v) is 3.16. The van der Waals surface area contributed by atoms with Gasteiger partial charge >= 0.3 is 0 Å². The summed E-state index contributed by atoms with van der Waals surface area (Å²) in [6.07, 6.45) is 2.65. The van der Waals surface area contributed by atoms with Gasteiger partial charge in [0.15, 0.2) is 11.5 Å². The minimum atomic E-state index is 0.0123. The lowest BCUT2D eigenvalue weighted by atomic mass is 9.99. The number of rotatable bonds is 4. The smallest absolute Gasteiger partial charge is 0.224 e. The van der Waals surface area contributed by atoms with Crippen molar-refractivity contribution < 1.29 is 14.3 Å². The molecule has 2 N–H and O–H groups in total. The van der Waals surface area contributed by atoms with Crippen molar-refractivity contribution in [3.63, 3.8) is 0 Å². The fourth-order valence-electron chi connectivity index (χ4n) is 2.87. The van der Waals surface area contributed by atoms with Crippen LogP contribution in [0.25, 0.3) is 0 Å². The van der Waals surface area contributed by atoms with E-state index in [1.807, 2.05) is 6.07 Å². The molecule has 0 spiro atoms. The van der Waals surface area contributed by atoms with Crippen LogP contribution < -0.4 is 20.1 Å². The van der Waals surface area contributed by atoms with Gasteiger partial charge in [0.1, 0.15) is 13.2 Å². The standard InChI is InChI=1S/C16H21ClN2O3/c17-13-6-12(7-14-16(13)22-5-4-21-14)8-15(20)19-10-11-2-1-3-18-9-11/h6-7,11,18H,1-5,8-10H2,(H,19,20). The van der Waals surface area contributed by atoms with Gasteiger partial charge in [0.05, 0.1) is 11.4 Å². The molecular formula is C16H21ClN2O3. The number of hydrogen-bond acceptors (Lipinski definition) is 4. The molecule has 0 radical (unpaired) electrons. The largest absolute Gasteiger partial charge is 0.486 e. The van der Waals surface area contributed by atoms with E-state index in [9.17, 15) is 4.79 Å². The predicted octanol–water partition coefficient (Wildman–Crippen LogP) is 1.77. The van der Waals surface area contributed by atoms with Crippen LogP contribution in [0.1, 0.15) is 18.4 Å². The van der Waals surface area contributed by atoms with Gasteiger partial charge < -0.3 is 20.1 Å². The molecule has 0 aromatic heterocycles. The molecule has 0 bridgehead atoms. The highest BCUT2D eigenvalue weighted by atomic mass is 35.5. The van der Waals surface area contributed by atoms with Crippen LogP contribution in [-0.4, -0.2) is 38.8 Å². The van der Waals surface area contributed by atoms with Crippen LogP contribution >= 0.6 is 11.6 Å². The van der Waals surface area contributed by atoms with E-state index in [1.54, 1.807) is 6.07 Å². The Balaban J connectivity index is 1.55. The number of amides is 1. The Morgan fingerprint density at radius 1 is 1.36 bits per heavy atom. The van der Waals surface area contributed by atoms with E-state index in [1.165, 1.54) is 12.8 Å². The third-order valence-corrected chi connectivity index (χ3v) is 4.29. The molecule has 1 fully saturated rings. The monoisotopic (exact) mass is 324 g/mol. The zero-order chi connectivity index (χ0) is 15.4. The Bertz CT molecular complexity index is 544. The molecule has 120 valence electrons. The predicted molar refractivity (Wildman–Crippen MR) is 84.7 cm³/mol. The molecule has 3 rings (SSSR count). The number of hydrogen-bond donors (Lipinski definition) is 2. The second-order valence-electron chi connectivity index (χ2n) is 5.80. The molecule has 2 heterocycles. The van der Waals surface area contributed by atoms with E-state index in [0.29, 0.717) is 42.1 Å². The number of carbonyl (C=O) groups excluding carboxylic acids is 1. The van der Waals surface area contributed by atoms with E-state index in [0.717, 1.165) is 25.2 Å². The summed E-state index contributed by atoms with van der Waals surface area (Å²) in [4.78, 5) is 12.1. The number of nitrogens with one attached hydrogen (secondary N) is 2. The lowest BCUT2D eigenvalue weighted by Gasteiger charge is -2.23. The Morgan fingerprint density at radius 2 is 2.23 bits per heavy atom. The zero-order valence-electron chi connectivity index (χ0n) is 12.5. The van der Waals surface area contributed by atoms with Gasteiger partial charge in [0.2, 0.25) is 5.91 Å². The van der Waals surface area contributed by atoms with Crippen molar-refractivity contribution in [2.45, 2.75) is 19.3 Å². The topological polar surface area (TPSA) is 59.6 Å². The van der Waals surface area contributed by atoms with Crippen LogP contribution in [0, 0.1) is 5.92 Å². The van der Waals surface area contributed by atoms with Crippen molar-refractivity contribution in [3.05, 3.63) is 22.7 Å². The number of ether oxygens (including phenoxy) is 2. The molecule has 2 aliphatic rings. The average molecular weight is 325 g/mol. The van der Waals surface area contributed by atoms with Gasteiger partial charge in [-0.25, -0.2) is 0 Å². The summed E-state index contributed by atoms with van der Waals surface area (Å²) in [6, 6.07) is 3.61. The minimum absolute atomic E-state index is 0.0123. The number of halogens is 1. The summed E-state index contributed by atoms with van der Waals surface area (Å²) >= 11 is 6.18. The van der Waals surface area contributed by atoms with Crippen LogP contribution in [0.15, 0.2) is 12.1 Å². The molecule has 2 aliphatic heterocycles. The van der Waals surface area contributed by atoms with Gasteiger partial charge in [0.25, 0.3) is 0 Å². The summed E-state index contributed by atoms with van der Waals surface area (Å²) < 4.78 is 11.0. The normalized spacial score (nSPS) is 20.5. The highest BCUT2D eigenvalue weighted by Gasteiger charge is 2.18. The first kappa shape index (κ1) is 15.4. The van der Waals surface area contributed by atoms with Gasteiger partial charge in [-0.3, -0.25) is 4.79 Å². The lowest BCUT2D eigenvalue weighted by Crippen LogP contribution is -2.38. The first-order chi connectivity index (χ1) is 10.7. The molecule has 1 amide bonds. The van der Waals surface area contributed by atoms with Crippen LogP contribution in [0.5, 0.6) is 11.5 Å². The quantitative estimate of drug-likeness (QED) is 0.886. The number of fused-ring (bicyclic) bond motifs is 1. The molecular weight excluding hydrogens is 304 g/mol. The highest BCUT2D eigenvalue weighted by Crippen LogP contribution is 2.38. The SMILES string of the molecule is O=C(Cc1cc(Cl)c2c(c1)OCCO2)NCC1CCCNC1. The van der Waals surface area contributed by atoms with E-state index < -0.39 is 0 Å². The van der Waals surface area contributed by atoms with Crippen molar-refractivity contribution in [1.29, 1.82) is 0 Å². The second kappa shape index (κ2) is 7.20. The zero-order valence-corrected chi connectivity index (χ0v) is 13.2. The molecule has 1 atom stereocenters. The Kier molecular flexibility index (Phi) is 5.05. The Morgan fingerprint density at radius 3 is 3.05 bits per heavy atom. The maximum absolute atomic E-state index is 12.1. The van der Waals surface area contributed by atoms with Gasteiger partial charge in [-0.1, -0.05) is 11.6 Å². The van der Waals surface area contributed by atoms with E-state index >= 15 is 0 Å². The van der Waals surface area contributed by atoms with E-state index in [2.05, 4.69) is 10.6 Å². The lowest BCUT2D eigenvalue weighted by molar-refractivity contribution is -0.120. The molecule has 0 aliphatic carbocycles. The molecule has 1 saturated heterocycles. The summed E-state index contributed by atoms with van der Waals surface area (Å²) in [5.41, 5.74) is 0.841. The van der Waals surface area contributed by atoms with E-state index in [4.69, 9.17) is 21.1 Å². The van der Waals surface area contributed by atoms with Gasteiger partial charge in [0, 0.05) is 6.54 Å². The van der Waals surface area contributed by atoms with Crippen molar-refractivity contribution >= 4 is 17.5 Å². The van der Waals surface area contributed by atoms with Crippen molar-refractivity contribution in [3.8, 4) is 11.5 Å². The molecule has 1 aromatic rings. The Hall–Kier alpha value is -1.46. The van der Waals surface area contributed by atoms with Gasteiger partial charge in [-0.2, -0.15) is 0 Å². The molecule has 0 saturated carbocycles. The fraction of sp³-hybridized carbons (Fsp3) is 0.562. The Labute approximate surface area is 135 Å². The van der Waals surface area contributed by atoms with E-state index in [-0.39, 0.29) is 5.91 Å². The summed E-state index contributed by atoms with van der Waals surface area (Å²) in [6.45, 7) is 3.80. The number of piperidine rings is 1. The minimum Gasteiger partial charge on any atom is -0.486 e. The first-order valence-electron chi connectivity index (χ1n) is 7.78.